The normalized spacial score (nSPS) is 15.2. The highest BCUT2D eigenvalue weighted by molar-refractivity contribution is 7.92. The fourth-order valence-corrected chi connectivity index (χ4v) is 4.94. The molecule has 1 amide bonds. The van der Waals surface area contributed by atoms with Crippen molar-refractivity contribution in [1.29, 1.82) is 0 Å². The van der Waals surface area contributed by atoms with Crippen LogP contribution < -0.4 is 15.8 Å². The molecule has 0 bridgehead atoms. The van der Waals surface area contributed by atoms with Crippen molar-refractivity contribution < 1.29 is 17.9 Å². The molecule has 31 heavy (non-hydrogen) atoms. The predicted molar refractivity (Wildman–Crippen MR) is 116 cm³/mol. The molecule has 1 aliphatic rings. The summed E-state index contributed by atoms with van der Waals surface area (Å²) >= 11 is 0. The second-order valence-electron chi connectivity index (χ2n) is 7.22. The first kappa shape index (κ1) is 20.9. The third-order valence-electron chi connectivity index (χ3n) is 5.14. The average Bonchev–Trinajstić information content (AvgIpc) is 2.74. The molecule has 162 valence electrons. The fourth-order valence-electron chi connectivity index (χ4n) is 3.44. The molecule has 1 N–H and O–H groups in total. The fraction of sp³-hybridized carbons (Fsp3) is 0.300. The zero-order valence-corrected chi connectivity index (χ0v) is 18.1. The first-order valence-corrected chi connectivity index (χ1v) is 11.1. The predicted octanol–water partition coefficient (Wildman–Crippen LogP) is 0.804. The van der Waals surface area contributed by atoms with Gasteiger partial charge in [-0.25, -0.2) is 18.4 Å². The minimum absolute atomic E-state index is 0.0693. The van der Waals surface area contributed by atoms with Crippen LogP contribution in [0.4, 0.5) is 11.5 Å². The Labute approximate surface area is 178 Å². The molecule has 1 aromatic carbocycles. The number of methoxy groups -OCH3 is 1. The second-order valence-corrected chi connectivity index (χ2v) is 9.18. The van der Waals surface area contributed by atoms with Gasteiger partial charge in [0.05, 0.1) is 34.7 Å². The second kappa shape index (κ2) is 7.75. The van der Waals surface area contributed by atoms with Crippen molar-refractivity contribution in [2.24, 2.45) is 7.05 Å². The molecule has 11 heteroatoms. The number of ether oxygens (including phenoxy) is 1. The van der Waals surface area contributed by atoms with E-state index in [1.54, 1.807) is 39.4 Å². The number of rotatable bonds is 5. The first-order chi connectivity index (χ1) is 14.7. The van der Waals surface area contributed by atoms with Crippen molar-refractivity contribution in [1.82, 2.24) is 14.5 Å². The molecular formula is C20H21N5O5S. The number of nitrogens with zero attached hydrogens (tertiary/aromatic N) is 4. The van der Waals surface area contributed by atoms with Gasteiger partial charge >= 0.3 is 0 Å². The molecule has 0 radical (unpaired) electrons. The molecule has 1 aliphatic heterocycles. The molecule has 0 saturated heterocycles. The molecule has 3 heterocycles. The Balaban J connectivity index is 1.90. The summed E-state index contributed by atoms with van der Waals surface area (Å²) in [5.41, 5.74) is 1.49. The maximum Gasteiger partial charge on any atom is 0.264 e. The van der Waals surface area contributed by atoms with E-state index in [1.807, 2.05) is 0 Å². The number of hydrogen-bond acceptors (Lipinski definition) is 8. The van der Waals surface area contributed by atoms with Crippen LogP contribution in [-0.4, -0.2) is 61.9 Å². The van der Waals surface area contributed by atoms with Crippen molar-refractivity contribution in [2.75, 3.05) is 43.3 Å². The zero-order chi connectivity index (χ0) is 22.3. The monoisotopic (exact) mass is 443 g/mol. The Bertz CT molecular complexity index is 1370. The van der Waals surface area contributed by atoms with Gasteiger partial charge < -0.3 is 19.5 Å². The van der Waals surface area contributed by atoms with Gasteiger partial charge in [0.15, 0.2) is 9.84 Å². The number of nitrogens with one attached hydrogen (secondary N) is 1. The van der Waals surface area contributed by atoms with Crippen molar-refractivity contribution in [3.8, 4) is 11.3 Å². The molecular weight excluding hydrogens is 422 g/mol. The van der Waals surface area contributed by atoms with E-state index < -0.39 is 21.5 Å². The molecule has 10 nitrogen and oxygen atoms in total. The van der Waals surface area contributed by atoms with Gasteiger partial charge in [0.2, 0.25) is 5.91 Å². The minimum Gasteiger partial charge on any atom is -0.383 e. The lowest BCUT2D eigenvalue weighted by molar-refractivity contribution is -0.116. The van der Waals surface area contributed by atoms with E-state index in [0.29, 0.717) is 46.8 Å². The molecule has 0 fully saturated rings. The van der Waals surface area contributed by atoms with E-state index in [-0.39, 0.29) is 10.5 Å². The van der Waals surface area contributed by atoms with Crippen LogP contribution >= 0.6 is 0 Å². The van der Waals surface area contributed by atoms with Gasteiger partial charge in [-0.1, -0.05) is 6.07 Å². The molecule has 0 atom stereocenters. The maximum absolute atomic E-state index is 12.7. The van der Waals surface area contributed by atoms with Crippen LogP contribution in [0.15, 0.2) is 40.3 Å². The first-order valence-electron chi connectivity index (χ1n) is 9.46. The molecule has 2 aromatic heterocycles. The Hall–Kier alpha value is -3.31. The van der Waals surface area contributed by atoms with E-state index in [0.717, 1.165) is 0 Å². The number of fused-ring (bicyclic) bond motifs is 2. The number of hydrogen-bond donors (Lipinski definition) is 1. The van der Waals surface area contributed by atoms with E-state index in [1.165, 1.54) is 21.9 Å². The number of aromatic nitrogens is 3. The van der Waals surface area contributed by atoms with Crippen LogP contribution in [0.1, 0.15) is 0 Å². The van der Waals surface area contributed by atoms with Crippen molar-refractivity contribution in [3.63, 3.8) is 0 Å². The molecule has 0 unspecified atom stereocenters. The van der Waals surface area contributed by atoms with Crippen LogP contribution in [0.3, 0.4) is 0 Å². The quantitative estimate of drug-likeness (QED) is 0.575. The van der Waals surface area contributed by atoms with Crippen molar-refractivity contribution in [3.05, 3.63) is 40.9 Å². The number of carbonyl (C=O) groups excluding carboxylic acids is 1. The Morgan fingerprint density at radius 3 is 2.71 bits per heavy atom. The number of anilines is 2. The van der Waals surface area contributed by atoms with Gasteiger partial charge in [0.25, 0.3) is 5.56 Å². The summed E-state index contributed by atoms with van der Waals surface area (Å²) in [6.45, 7) is 0.830. The summed E-state index contributed by atoms with van der Waals surface area (Å²) in [6.07, 6.45) is 1.42. The van der Waals surface area contributed by atoms with Gasteiger partial charge in [-0.3, -0.25) is 9.59 Å². The SMILES string of the molecule is COCCNc1nc(-c2ccc3c(c2)S(=O)(=O)CC(=O)N3C)cc2ncn(C)c(=O)c12. The highest BCUT2D eigenvalue weighted by Crippen LogP contribution is 2.34. The van der Waals surface area contributed by atoms with Gasteiger partial charge in [0, 0.05) is 33.3 Å². The van der Waals surface area contributed by atoms with Gasteiger partial charge in [0.1, 0.15) is 17.0 Å². The molecule has 0 spiro atoms. The lowest BCUT2D eigenvalue weighted by Crippen LogP contribution is -2.37. The number of aryl methyl sites for hydroxylation is 1. The summed E-state index contributed by atoms with van der Waals surface area (Å²) in [5.74, 6) is -0.716. The molecule has 0 aliphatic carbocycles. The van der Waals surface area contributed by atoms with E-state index in [9.17, 15) is 18.0 Å². The average molecular weight is 443 g/mol. The summed E-state index contributed by atoms with van der Waals surface area (Å²) in [6, 6.07) is 6.42. The standard InChI is InChI=1S/C20H21N5O5S/c1-24-11-22-14-9-13(23-19(18(14)20(24)27)21-6-7-30-3)12-4-5-15-16(8-12)31(28,29)10-17(26)25(15)2/h4-5,8-9,11H,6-7,10H2,1-3H3,(H,21,23). The van der Waals surface area contributed by atoms with Crippen LogP contribution in [0, 0.1) is 0 Å². The molecule has 0 saturated carbocycles. The van der Waals surface area contributed by atoms with Crippen LogP contribution in [-0.2, 0) is 26.4 Å². The molecule has 3 aromatic rings. The largest absolute Gasteiger partial charge is 0.383 e. The number of sulfone groups is 1. The Morgan fingerprint density at radius 1 is 1.19 bits per heavy atom. The number of carbonyl (C=O) groups is 1. The van der Waals surface area contributed by atoms with Gasteiger partial charge in [-0.2, -0.15) is 0 Å². The third kappa shape index (κ3) is 3.66. The number of amides is 1. The van der Waals surface area contributed by atoms with Crippen molar-refractivity contribution in [2.45, 2.75) is 4.90 Å². The number of benzene rings is 1. The lowest BCUT2D eigenvalue weighted by atomic mass is 10.1. The van der Waals surface area contributed by atoms with E-state index >= 15 is 0 Å². The van der Waals surface area contributed by atoms with Crippen molar-refractivity contribution >= 4 is 38.2 Å². The summed E-state index contributed by atoms with van der Waals surface area (Å²) in [4.78, 5) is 35.0. The molecule has 4 rings (SSSR count). The van der Waals surface area contributed by atoms with Crippen LogP contribution in [0.25, 0.3) is 22.2 Å². The zero-order valence-electron chi connectivity index (χ0n) is 17.2. The van der Waals surface area contributed by atoms with Gasteiger partial charge in [-0.05, 0) is 18.2 Å². The maximum atomic E-state index is 12.7. The number of pyridine rings is 1. The highest BCUT2D eigenvalue weighted by atomic mass is 32.2. The third-order valence-corrected chi connectivity index (χ3v) is 6.77. The minimum atomic E-state index is -3.76. The Kier molecular flexibility index (Phi) is 5.23. The lowest BCUT2D eigenvalue weighted by Gasteiger charge is -2.26. The van der Waals surface area contributed by atoms with Crippen LogP contribution in [0.5, 0.6) is 0 Å². The summed E-state index contributed by atoms with van der Waals surface area (Å²) in [7, 11) is 0.960. The Morgan fingerprint density at radius 2 is 1.97 bits per heavy atom. The van der Waals surface area contributed by atoms with Gasteiger partial charge in [-0.15, -0.1) is 0 Å². The summed E-state index contributed by atoms with van der Waals surface area (Å²) in [5, 5.41) is 3.43. The van der Waals surface area contributed by atoms with E-state index in [4.69, 9.17) is 4.74 Å². The topological polar surface area (TPSA) is 123 Å². The smallest absolute Gasteiger partial charge is 0.264 e. The highest BCUT2D eigenvalue weighted by Gasteiger charge is 2.33. The van der Waals surface area contributed by atoms with E-state index in [2.05, 4.69) is 15.3 Å². The summed E-state index contributed by atoms with van der Waals surface area (Å²) < 4.78 is 31.6. The van der Waals surface area contributed by atoms with Crippen LogP contribution in [0.2, 0.25) is 0 Å².